The number of nitrogens with zero attached hydrogens (tertiary/aromatic N) is 2. The van der Waals surface area contributed by atoms with Crippen molar-refractivity contribution in [3.63, 3.8) is 0 Å². The quantitative estimate of drug-likeness (QED) is 0.923. The minimum atomic E-state index is 0.829. The molecule has 2 aromatic heterocycles. The highest BCUT2D eigenvalue weighted by Crippen LogP contribution is 2.27. The van der Waals surface area contributed by atoms with Crippen LogP contribution in [0.4, 0.5) is 0 Å². The fourth-order valence-corrected chi connectivity index (χ4v) is 2.68. The lowest BCUT2D eigenvalue weighted by Crippen LogP contribution is -2.35. The van der Waals surface area contributed by atoms with Crippen molar-refractivity contribution in [2.45, 2.75) is 6.54 Å². The number of fused-ring (bicyclic) bond motifs is 1. The zero-order chi connectivity index (χ0) is 11.7. The van der Waals surface area contributed by atoms with Crippen LogP contribution in [-0.4, -0.2) is 41.2 Å². The summed E-state index contributed by atoms with van der Waals surface area (Å²) in [5, 5.41) is 1.15. The molecule has 0 spiro atoms. The highest BCUT2D eigenvalue weighted by molar-refractivity contribution is 9.10. The molecule has 90 valence electrons. The molecule has 3 rings (SSSR count). The van der Waals surface area contributed by atoms with Gasteiger partial charge < -0.3 is 9.72 Å². The van der Waals surface area contributed by atoms with Crippen LogP contribution in [0, 0.1) is 0 Å². The number of aromatic amines is 1. The topological polar surface area (TPSA) is 41.1 Å². The monoisotopic (exact) mass is 295 g/mol. The number of H-pyrrole nitrogens is 1. The molecule has 0 atom stereocenters. The number of nitrogens with one attached hydrogen (secondary N) is 1. The van der Waals surface area contributed by atoms with Gasteiger partial charge in [0.05, 0.1) is 13.2 Å². The predicted octanol–water partition coefficient (Wildman–Crippen LogP) is 2.16. The molecule has 1 fully saturated rings. The van der Waals surface area contributed by atoms with Crippen LogP contribution in [0.25, 0.3) is 11.0 Å². The van der Waals surface area contributed by atoms with Gasteiger partial charge in [0.1, 0.15) is 5.65 Å². The largest absolute Gasteiger partial charge is 0.379 e. The second kappa shape index (κ2) is 4.76. The van der Waals surface area contributed by atoms with E-state index in [1.807, 2.05) is 12.3 Å². The molecule has 0 radical (unpaired) electrons. The van der Waals surface area contributed by atoms with Gasteiger partial charge in [-0.3, -0.25) is 4.90 Å². The zero-order valence-corrected chi connectivity index (χ0v) is 11.0. The first-order chi connectivity index (χ1) is 8.34. The maximum absolute atomic E-state index is 5.35. The Morgan fingerprint density at radius 1 is 1.41 bits per heavy atom. The Morgan fingerprint density at radius 3 is 3.00 bits per heavy atom. The highest BCUT2D eigenvalue weighted by Gasteiger charge is 2.15. The first-order valence-electron chi connectivity index (χ1n) is 5.76. The molecule has 3 heterocycles. The van der Waals surface area contributed by atoms with Gasteiger partial charge in [0, 0.05) is 41.4 Å². The first-order valence-corrected chi connectivity index (χ1v) is 6.55. The molecule has 5 heteroatoms. The molecule has 4 nitrogen and oxygen atoms in total. The van der Waals surface area contributed by atoms with Crippen molar-refractivity contribution < 1.29 is 4.74 Å². The molecule has 1 aliphatic heterocycles. The summed E-state index contributed by atoms with van der Waals surface area (Å²) >= 11 is 3.65. The Balaban J connectivity index is 1.87. The average molecular weight is 296 g/mol. The highest BCUT2D eigenvalue weighted by atomic mass is 79.9. The van der Waals surface area contributed by atoms with E-state index in [9.17, 15) is 0 Å². The fraction of sp³-hybridized carbons (Fsp3) is 0.417. The van der Waals surface area contributed by atoms with Gasteiger partial charge in [-0.15, -0.1) is 0 Å². The lowest BCUT2D eigenvalue weighted by molar-refractivity contribution is 0.0336. The number of pyridine rings is 1. The molecule has 1 aliphatic rings. The summed E-state index contributed by atoms with van der Waals surface area (Å²) < 4.78 is 6.48. The predicted molar refractivity (Wildman–Crippen MR) is 69.9 cm³/mol. The second-order valence-electron chi connectivity index (χ2n) is 4.21. The van der Waals surface area contributed by atoms with Crippen molar-refractivity contribution in [1.29, 1.82) is 0 Å². The number of ether oxygens (including phenoxy) is 1. The number of halogens is 1. The minimum Gasteiger partial charge on any atom is -0.379 e. The third-order valence-corrected chi connectivity index (χ3v) is 3.97. The lowest BCUT2D eigenvalue weighted by atomic mass is 10.3. The van der Waals surface area contributed by atoms with E-state index in [0.29, 0.717) is 0 Å². The standard InChI is InChI=1S/C12H14BrN3O/c13-11-9-2-1-3-14-12(9)15-10(11)8-16-4-6-17-7-5-16/h1-3H,4-8H2,(H,14,15). The minimum absolute atomic E-state index is 0.829. The van der Waals surface area contributed by atoms with Crippen molar-refractivity contribution in [3.05, 3.63) is 28.5 Å². The number of aromatic nitrogens is 2. The molecule has 2 aromatic rings. The molecule has 0 bridgehead atoms. The van der Waals surface area contributed by atoms with E-state index in [1.165, 1.54) is 5.69 Å². The third kappa shape index (κ3) is 2.22. The van der Waals surface area contributed by atoms with Gasteiger partial charge in [0.25, 0.3) is 0 Å². The average Bonchev–Trinajstić information content (AvgIpc) is 2.68. The van der Waals surface area contributed by atoms with Gasteiger partial charge in [-0.2, -0.15) is 0 Å². The van der Waals surface area contributed by atoms with E-state index >= 15 is 0 Å². The number of hydrogen-bond donors (Lipinski definition) is 1. The smallest absolute Gasteiger partial charge is 0.138 e. The number of rotatable bonds is 2. The maximum atomic E-state index is 5.35. The van der Waals surface area contributed by atoms with Crippen LogP contribution in [0.3, 0.4) is 0 Å². The Bertz CT molecular complexity index is 519. The van der Waals surface area contributed by atoms with E-state index in [2.05, 4.69) is 36.9 Å². The molecule has 0 aliphatic carbocycles. The third-order valence-electron chi connectivity index (χ3n) is 3.06. The Hall–Kier alpha value is -0.910. The van der Waals surface area contributed by atoms with Gasteiger partial charge in [-0.1, -0.05) is 0 Å². The molecular formula is C12H14BrN3O. The summed E-state index contributed by atoms with van der Waals surface area (Å²) in [5.41, 5.74) is 2.14. The Labute approximate surface area is 108 Å². The van der Waals surface area contributed by atoms with Crippen LogP contribution in [0.15, 0.2) is 22.8 Å². The summed E-state index contributed by atoms with van der Waals surface area (Å²) in [6.45, 7) is 4.57. The molecule has 1 saturated heterocycles. The maximum Gasteiger partial charge on any atom is 0.138 e. The zero-order valence-electron chi connectivity index (χ0n) is 9.45. The van der Waals surface area contributed by atoms with Crippen LogP contribution in [0.5, 0.6) is 0 Å². The van der Waals surface area contributed by atoms with Crippen molar-refractivity contribution in [2.75, 3.05) is 26.3 Å². The summed E-state index contributed by atoms with van der Waals surface area (Å²) in [6, 6.07) is 4.03. The van der Waals surface area contributed by atoms with E-state index in [1.54, 1.807) is 0 Å². The fourth-order valence-electron chi connectivity index (χ4n) is 2.13. The van der Waals surface area contributed by atoms with Crippen LogP contribution in [0.2, 0.25) is 0 Å². The van der Waals surface area contributed by atoms with Gasteiger partial charge in [0.15, 0.2) is 0 Å². The molecule has 0 amide bonds. The molecule has 0 aromatic carbocycles. The molecule has 17 heavy (non-hydrogen) atoms. The van der Waals surface area contributed by atoms with Gasteiger partial charge in [-0.25, -0.2) is 4.98 Å². The molecular weight excluding hydrogens is 282 g/mol. The number of hydrogen-bond acceptors (Lipinski definition) is 3. The van der Waals surface area contributed by atoms with E-state index < -0.39 is 0 Å². The van der Waals surface area contributed by atoms with Crippen molar-refractivity contribution in [3.8, 4) is 0 Å². The molecule has 1 N–H and O–H groups in total. The van der Waals surface area contributed by atoms with E-state index in [0.717, 1.165) is 48.4 Å². The molecule has 0 unspecified atom stereocenters. The van der Waals surface area contributed by atoms with Gasteiger partial charge in [0.2, 0.25) is 0 Å². The molecule has 0 saturated carbocycles. The normalized spacial score (nSPS) is 17.7. The SMILES string of the molecule is Brc1c(CN2CCOCC2)[nH]c2ncccc12. The van der Waals surface area contributed by atoms with Crippen LogP contribution in [0.1, 0.15) is 5.69 Å². The van der Waals surface area contributed by atoms with Crippen molar-refractivity contribution >= 4 is 27.0 Å². The Morgan fingerprint density at radius 2 is 2.24 bits per heavy atom. The van der Waals surface area contributed by atoms with E-state index in [4.69, 9.17) is 4.74 Å². The summed E-state index contributed by atoms with van der Waals surface area (Å²) in [6.07, 6.45) is 1.81. The van der Waals surface area contributed by atoms with Crippen LogP contribution < -0.4 is 0 Å². The van der Waals surface area contributed by atoms with Crippen LogP contribution >= 0.6 is 15.9 Å². The first kappa shape index (κ1) is 11.2. The van der Waals surface area contributed by atoms with Gasteiger partial charge >= 0.3 is 0 Å². The summed E-state index contributed by atoms with van der Waals surface area (Å²) in [7, 11) is 0. The van der Waals surface area contributed by atoms with Crippen LogP contribution in [-0.2, 0) is 11.3 Å². The summed E-state index contributed by atoms with van der Waals surface area (Å²) in [4.78, 5) is 10.1. The number of morpholine rings is 1. The lowest BCUT2D eigenvalue weighted by Gasteiger charge is -2.26. The van der Waals surface area contributed by atoms with Gasteiger partial charge in [-0.05, 0) is 28.1 Å². The van der Waals surface area contributed by atoms with Crippen molar-refractivity contribution in [1.82, 2.24) is 14.9 Å². The Kier molecular flexibility index (Phi) is 3.13. The second-order valence-corrected chi connectivity index (χ2v) is 5.00. The van der Waals surface area contributed by atoms with E-state index in [-0.39, 0.29) is 0 Å². The van der Waals surface area contributed by atoms with Crippen molar-refractivity contribution in [2.24, 2.45) is 0 Å². The summed E-state index contributed by atoms with van der Waals surface area (Å²) in [5.74, 6) is 0.